The highest BCUT2D eigenvalue weighted by Crippen LogP contribution is 2.53. The molecule has 94 valence electrons. The molecule has 2 saturated carbocycles. The smallest absolute Gasteiger partial charge is 0.0886 e. The lowest BCUT2D eigenvalue weighted by molar-refractivity contribution is 1.12. The molecule has 2 rings (SSSR count). The maximum Gasteiger partial charge on any atom is 0.0886 e. The topological polar surface area (TPSA) is 0 Å². The molecule has 0 aliphatic heterocycles. The van der Waals surface area contributed by atoms with Crippen LogP contribution in [0.1, 0.15) is 27.7 Å². The van der Waals surface area contributed by atoms with Crippen LogP contribution < -0.4 is 0 Å². The van der Waals surface area contributed by atoms with E-state index in [-0.39, 0.29) is 0 Å². The van der Waals surface area contributed by atoms with Crippen LogP contribution in [0.5, 0.6) is 0 Å². The van der Waals surface area contributed by atoms with Gasteiger partial charge in [-0.15, -0.1) is 12.3 Å². The molecule has 2 aliphatic rings. The molecular formula is C17H22Si. The second-order valence-corrected chi connectivity index (χ2v) is 9.56. The van der Waals surface area contributed by atoms with Crippen molar-refractivity contribution in [3.63, 3.8) is 0 Å². The van der Waals surface area contributed by atoms with Crippen molar-refractivity contribution in [2.75, 3.05) is 0 Å². The summed E-state index contributed by atoms with van der Waals surface area (Å²) in [5, 5.41) is 0. The van der Waals surface area contributed by atoms with Gasteiger partial charge in [0, 0.05) is 0 Å². The fourth-order valence-corrected chi connectivity index (χ4v) is 6.66. The van der Waals surface area contributed by atoms with E-state index in [4.69, 9.17) is 0 Å². The van der Waals surface area contributed by atoms with Crippen LogP contribution in [0.3, 0.4) is 0 Å². The predicted octanol–water partition coefficient (Wildman–Crippen LogP) is 4.24. The van der Waals surface area contributed by atoms with Gasteiger partial charge >= 0.3 is 0 Å². The molecule has 10 radical (unpaired) electrons. The number of hydrogen-bond acceptors (Lipinski definition) is 0. The normalized spacial score (nSPS) is 27.4. The van der Waals surface area contributed by atoms with Gasteiger partial charge in [-0.2, -0.15) is 0 Å². The van der Waals surface area contributed by atoms with Gasteiger partial charge in [0.2, 0.25) is 0 Å². The van der Waals surface area contributed by atoms with Crippen LogP contribution in [-0.2, 0) is 0 Å². The van der Waals surface area contributed by atoms with Gasteiger partial charge in [0.1, 0.15) is 0 Å². The van der Waals surface area contributed by atoms with E-state index in [1.54, 1.807) is 0 Å². The Bertz CT molecular complexity index is 285. The monoisotopic (exact) mass is 254 g/mol. The van der Waals surface area contributed by atoms with E-state index < -0.39 is 8.07 Å². The van der Waals surface area contributed by atoms with Gasteiger partial charge in [-0.05, 0) is 60.4 Å². The average molecular weight is 254 g/mol. The van der Waals surface area contributed by atoms with Crippen molar-refractivity contribution in [1.82, 2.24) is 0 Å². The van der Waals surface area contributed by atoms with Crippen molar-refractivity contribution in [3.8, 4) is 0 Å². The third kappa shape index (κ3) is 2.35. The first-order valence-corrected chi connectivity index (χ1v) is 9.08. The fraction of sp³-hybridized carbons (Fsp3) is 0.294. The van der Waals surface area contributed by atoms with Crippen molar-refractivity contribution in [3.05, 3.63) is 72.7 Å². The molecule has 0 nitrogen and oxygen atoms in total. The van der Waals surface area contributed by atoms with Crippen LogP contribution in [0, 0.1) is 60.4 Å². The van der Waals surface area contributed by atoms with Gasteiger partial charge in [-0.3, -0.25) is 0 Å². The Hall–Kier alpha value is -0.0431. The Morgan fingerprint density at radius 1 is 0.833 bits per heavy atom. The Balaban J connectivity index is 2.22. The Kier molecular flexibility index (Phi) is 4.11. The maximum atomic E-state index is 4.15. The summed E-state index contributed by atoms with van der Waals surface area (Å²) in [6.45, 7) is 15.4. The summed E-state index contributed by atoms with van der Waals surface area (Å²) in [5.74, 6) is 5.56. The molecule has 18 heavy (non-hydrogen) atoms. The maximum absolute atomic E-state index is 4.15. The highest BCUT2D eigenvalue weighted by atomic mass is 28.3. The van der Waals surface area contributed by atoms with Crippen molar-refractivity contribution in [1.29, 1.82) is 0 Å². The van der Waals surface area contributed by atoms with E-state index in [0.717, 1.165) is 0 Å². The highest BCUT2D eigenvalue weighted by Gasteiger charge is 2.52. The molecular weight excluding hydrogens is 232 g/mol. The van der Waals surface area contributed by atoms with Crippen LogP contribution in [0.15, 0.2) is 12.3 Å². The molecule has 0 aromatic rings. The average Bonchev–Trinajstić information content (AvgIpc) is 2.81. The lowest BCUT2D eigenvalue weighted by Crippen LogP contribution is -2.46. The molecule has 2 aliphatic carbocycles. The zero-order valence-corrected chi connectivity index (χ0v) is 13.1. The minimum atomic E-state index is -1.76. The zero-order valence-electron chi connectivity index (χ0n) is 12.1. The molecule has 0 saturated heterocycles. The van der Waals surface area contributed by atoms with Crippen LogP contribution in [-0.4, -0.2) is 8.07 Å². The molecule has 0 heterocycles. The SMILES string of the molecule is C=C[Si](C)([C]1[CH][C](C)[CH][C]1C)[C]1[CH][C](C)[CH][C]1C. The predicted molar refractivity (Wildman–Crippen MR) is 81.2 cm³/mol. The van der Waals surface area contributed by atoms with E-state index >= 15 is 0 Å². The highest BCUT2D eigenvalue weighted by molar-refractivity contribution is 6.95. The summed E-state index contributed by atoms with van der Waals surface area (Å²) in [6.07, 6.45) is 9.28. The molecule has 1 heteroatoms. The van der Waals surface area contributed by atoms with Gasteiger partial charge in [0.25, 0.3) is 0 Å². The van der Waals surface area contributed by atoms with Gasteiger partial charge in [0.15, 0.2) is 0 Å². The van der Waals surface area contributed by atoms with Crippen molar-refractivity contribution in [2.24, 2.45) is 0 Å². The third-order valence-electron chi connectivity index (χ3n) is 4.01. The first kappa shape index (κ1) is 14.4. The third-order valence-corrected chi connectivity index (χ3v) is 8.14. The summed E-state index contributed by atoms with van der Waals surface area (Å²) < 4.78 is 0. The Labute approximate surface area is 115 Å². The van der Waals surface area contributed by atoms with Crippen LogP contribution in [0.2, 0.25) is 6.55 Å². The number of rotatable bonds is 3. The summed E-state index contributed by atoms with van der Waals surface area (Å²) in [7, 11) is -1.76. The van der Waals surface area contributed by atoms with Crippen molar-refractivity contribution in [2.45, 2.75) is 34.2 Å². The number of hydrogen-bond donors (Lipinski definition) is 0. The first-order valence-electron chi connectivity index (χ1n) is 6.51. The van der Waals surface area contributed by atoms with E-state index in [0.29, 0.717) is 0 Å². The summed E-state index contributed by atoms with van der Waals surface area (Å²) in [4.78, 5) is 0. The zero-order chi connectivity index (χ0) is 13.5. The lowest BCUT2D eigenvalue weighted by Gasteiger charge is -2.39. The summed E-state index contributed by atoms with van der Waals surface area (Å²) in [6, 6.07) is 0. The molecule has 0 N–H and O–H groups in total. The van der Waals surface area contributed by atoms with E-state index in [2.05, 4.69) is 72.2 Å². The minimum absolute atomic E-state index is 1.36. The molecule has 0 unspecified atom stereocenters. The van der Waals surface area contributed by atoms with Gasteiger partial charge in [-0.1, -0.05) is 34.2 Å². The van der Waals surface area contributed by atoms with E-state index in [1.165, 1.54) is 34.8 Å². The molecule has 0 aromatic heterocycles. The molecule has 0 aromatic carbocycles. The summed E-state index contributed by atoms with van der Waals surface area (Å²) in [5.41, 5.74) is 5.25. The quantitative estimate of drug-likeness (QED) is 0.661. The standard InChI is InChI=1S/C17H22Si/c1-7-18(6,16-10-12(2)8-14(16)4)17-11-13(3)9-15(17)5/h7-11H,1H2,2-6H3. The molecule has 0 amide bonds. The van der Waals surface area contributed by atoms with E-state index in [9.17, 15) is 0 Å². The molecule has 0 spiro atoms. The van der Waals surface area contributed by atoms with Crippen molar-refractivity contribution >= 4 is 8.07 Å². The van der Waals surface area contributed by atoms with Crippen LogP contribution in [0.25, 0.3) is 0 Å². The minimum Gasteiger partial charge on any atom is -0.107 e. The summed E-state index contributed by atoms with van der Waals surface area (Å²) >= 11 is 0. The Morgan fingerprint density at radius 3 is 1.44 bits per heavy atom. The lowest BCUT2D eigenvalue weighted by atomic mass is 10.1. The fourth-order valence-electron chi connectivity index (χ4n) is 3.09. The second kappa shape index (κ2) is 5.15. The molecule has 0 bridgehead atoms. The molecule has 2 fully saturated rings. The first-order chi connectivity index (χ1) is 8.38. The van der Waals surface area contributed by atoms with Gasteiger partial charge in [-0.25, -0.2) is 0 Å². The van der Waals surface area contributed by atoms with E-state index in [1.807, 2.05) is 0 Å². The van der Waals surface area contributed by atoms with Crippen LogP contribution >= 0.6 is 0 Å². The second-order valence-electron chi connectivity index (χ2n) is 5.67. The Morgan fingerprint density at radius 2 is 1.22 bits per heavy atom. The largest absolute Gasteiger partial charge is 0.107 e. The molecule has 0 atom stereocenters. The van der Waals surface area contributed by atoms with Crippen LogP contribution in [0.4, 0.5) is 0 Å². The van der Waals surface area contributed by atoms with Gasteiger partial charge < -0.3 is 0 Å². The van der Waals surface area contributed by atoms with Crippen molar-refractivity contribution < 1.29 is 0 Å². The van der Waals surface area contributed by atoms with Gasteiger partial charge in [0.05, 0.1) is 8.07 Å².